The molecule has 1 aromatic heterocycles. The lowest BCUT2D eigenvalue weighted by molar-refractivity contribution is -0.113. The number of rotatable bonds is 6. The fraction of sp³-hybridized carbons (Fsp3) is 0.200. The van der Waals surface area contributed by atoms with E-state index >= 15 is 0 Å². The fourth-order valence-electron chi connectivity index (χ4n) is 1.64. The first-order valence-electron chi connectivity index (χ1n) is 6.53. The van der Waals surface area contributed by atoms with Gasteiger partial charge in [-0.2, -0.15) is 0 Å². The summed E-state index contributed by atoms with van der Waals surface area (Å²) in [6.45, 7) is 2.05. The molecule has 1 amide bonds. The second kappa shape index (κ2) is 8.36. The molecule has 4 nitrogen and oxygen atoms in total. The summed E-state index contributed by atoms with van der Waals surface area (Å²) < 4.78 is 5.93. The molecule has 0 fully saturated rings. The Morgan fingerprint density at radius 2 is 2.18 bits per heavy atom. The van der Waals surface area contributed by atoms with Gasteiger partial charge in [-0.25, -0.2) is 4.79 Å². The van der Waals surface area contributed by atoms with E-state index in [2.05, 4.69) is 21.2 Å². The highest BCUT2D eigenvalue weighted by Gasteiger charge is 2.16. The molecular formula is C15H14BrNO3S2. The summed E-state index contributed by atoms with van der Waals surface area (Å²) >= 11 is 6.14. The average Bonchev–Trinajstić information content (AvgIpc) is 2.94. The minimum absolute atomic E-state index is 0.155. The molecule has 7 heteroatoms. The lowest BCUT2D eigenvalue weighted by atomic mass is 10.3. The van der Waals surface area contributed by atoms with Crippen LogP contribution in [0.2, 0.25) is 0 Å². The monoisotopic (exact) mass is 399 g/mol. The zero-order chi connectivity index (χ0) is 15.9. The van der Waals surface area contributed by atoms with Crippen molar-refractivity contribution in [2.24, 2.45) is 0 Å². The predicted octanol–water partition coefficient (Wildman–Crippen LogP) is 4.42. The number of thiophene rings is 1. The van der Waals surface area contributed by atoms with E-state index in [1.165, 1.54) is 23.1 Å². The minimum Gasteiger partial charge on any atom is -0.462 e. The molecule has 0 unspecified atom stereocenters. The zero-order valence-corrected chi connectivity index (χ0v) is 15.0. The molecule has 0 spiro atoms. The Kier molecular flexibility index (Phi) is 6.48. The highest BCUT2D eigenvalue weighted by atomic mass is 79.9. The molecule has 0 aliphatic rings. The van der Waals surface area contributed by atoms with Crippen LogP contribution in [0.3, 0.4) is 0 Å². The van der Waals surface area contributed by atoms with E-state index in [0.29, 0.717) is 17.2 Å². The van der Waals surface area contributed by atoms with Gasteiger partial charge < -0.3 is 10.1 Å². The number of halogens is 1. The maximum absolute atomic E-state index is 12.0. The zero-order valence-electron chi connectivity index (χ0n) is 11.8. The largest absolute Gasteiger partial charge is 0.462 e. The van der Waals surface area contributed by atoms with Gasteiger partial charge >= 0.3 is 5.97 Å². The third-order valence-electron chi connectivity index (χ3n) is 2.58. The molecule has 1 heterocycles. The van der Waals surface area contributed by atoms with Crippen LogP contribution in [-0.4, -0.2) is 24.2 Å². The van der Waals surface area contributed by atoms with Gasteiger partial charge in [-0.1, -0.05) is 22.0 Å². The Hall–Kier alpha value is -1.31. The molecule has 0 saturated heterocycles. The van der Waals surface area contributed by atoms with Gasteiger partial charge in [0.25, 0.3) is 0 Å². The van der Waals surface area contributed by atoms with Crippen molar-refractivity contribution >= 4 is 55.9 Å². The van der Waals surface area contributed by atoms with Crippen LogP contribution < -0.4 is 5.32 Å². The molecule has 2 aromatic rings. The second-order valence-corrected chi connectivity index (χ2v) is 7.06. The van der Waals surface area contributed by atoms with Crippen molar-refractivity contribution in [2.45, 2.75) is 11.8 Å². The molecule has 1 N–H and O–H groups in total. The van der Waals surface area contributed by atoms with Crippen LogP contribution in [0.1, 0.15) is 17.3 Å². The van der Waals surface area contributed by atoms with Crippen molar-refractivity contribution in [3.05, 3.63) is 45.7 Å². The van der Waals surface area contributed by atoms with Crippen LogP contribution in [0.4, 0.5) is 5.00 Å². The molecule has 0 bridgehead atoms. The molecule has 0 aliphatic heterocycles. The van der Waals surface area contributed by atoms with Crippen LogP contribution in [0.25, 0.3) is 0 Å². The van der Waals surface area contributed by atoms with E-state index in [1.54, 1.807) is 18.4 Å². The third-order valence-corrected chi connectivity index (χ3v) is 4.90. The van der Waals surface area contributed by atoms with Gasteiger partial charge in [0.1, 0.15) is 5.00 Å². The summed E-state index contributed by atoms with van der Waals surface area (Å²) in [6.07, 6.45) is 0. The first kappa shape index (κ1) is 17.1. The molecule has 0 aliphatic carbocycles. The Labute approximate surface area is 145 Å². The van der Waals surface area contributed by atoms with Gasteiger partial charge in [0.2, 0.25) is 5.91 Å². The van der Waals surface area contributed by atoms with E-state index in [9.17, 15) is 9.59 Å². The van der Waals surface area contributed by atoms with E-state index in [1.807, 2.05) is 24.3 Å². The number of esters is 1. The molecular weight excluding hydrogens is 386 g/mol. The maximum Gasteiger partial charge on any atom is 0.341 e. The molecule has 0 atom stereocenters. The van der Waals surface area contributed by atoms with Gasteiger partial charge in [-0.3, -0.25) is 4.79 Å². The molecule has 0 saturated carbocycles. The maximum atomic E-state index is 12.0. The van der Waals surface area contributed by atoms with Crippen LogP contribution in [0, 0.1) is 0 Å². The third kappa shape index (κ3) is 4.86. The van der Waals surface area contributed by atoms with Crippen LogP contribution in [0.15, 0.2) is 45.1 Å². The average molecular weight is 400 g/mol. The van der Waals surface area contributed by atoms with Gasteiger partial charge in [0, 0.05) is 9.37 Å². The number of amides is 1. The van der Waals surface area contributed by atoms with Crippen LogP contribution >= 0.6 is 39.0 Å². The lowest BCUT2D eigenvalue weighted by Crippen LogP contribution is -2.15. The number of hydrogen-bond acceptors (Lipinski definition) is 5. The van der Waals surface area contributed by atoms with Crippen molar-refractivity contribution in [1.29, 1.82) is 0 Å². The molecule has 2 rings (SSSR count). The van der Waals surface area contributed by atoms with Crippen molar-refractivity contribution in [3.8, 4) is 0 Å². The quantitative estimate of drug-likeness (QED) is 0.576. The minimum atomic E-state index is -0.418. The standard InChI is InChI=1S/C15H14BrNO3S2/c1-2-20-15(19)12-6-7-21-14(12)17-13(18)9-22-11-5-3-4-10(16)8-11/h3-8H,2,9H2,1H3,(H,17,18). The topological polar surface area (TPSA) is 55.4 Å². The Morgan fingerprint density at radius 1 is 1.36 bits per heavy atom. The number of thioether (sulfide) groups is 1. The molecule has 0 radical (unpaired) electrons. The Balaban J connectivity index is 1.92. The number of hydrogen-bond donors (Lipinski definition) is 1. The van der Waals surface area contributed by atoms with Crippen molar-refractivity contribution in [1.82, 2.24) is 0 Å². The Bertz CT molecular complexity index is 672. The van der Waals surface area contributed by atoms with E-state index < -0.39 is 5.97 Å². The van der Waals surface area contributed by atoms with E-state index in [0.717, 1.165) is 9.37 Å². The number of ether oxygens (including phenoxy) is 1. The summed E-state index contributed by atoms with van der Waals surface area (Å²) in [5.74, 6) is -0.298. The van der Waals surface area contributed by atoms with Gasteiger partial charge in [-0.15, -0.1) is 23.1 Å². The van der Waals surface area contributed by atoms with Crippen molar-refractivity contribution < 1.29 is 14.3 Å². The highest BCUT2D eigenvalue weighted by molar-refractivity contribution is 9.10. The van der Waals surface area contributed by atoms with Crippen molar-refractivity contribution in [2.75, 3.05) is 17.7 Å². The lowest BCUT2D eigenvalue weighted by Gasteiger charge is -2.06. The van der Waals surface area contributed by atoms with Crippen LogP contribution in [0.5, 0.6) is 0 Å². The summed E-state index contributed by atoms with van der Waals surface area (Å²) in [5.41, 5.74) is 0.396. The summed E-state index contributed by atoms with van der Waals surface area (Å²) in [6, 6.07) is 9.40. The van der Waals surface area contributed by atoms with E-state index in [4.69, 9.17) is 4.74 Å². The number of carbonyl (C=O) groups excluding carboxylic acids is 2. The highest BCUT2D eigenvalue weighted by Crippen LogP contribution is 2.26. The number of nitrogens with one attached hydrogen (secondary N) is 1. The fourth-order valence-corrected chi connectivity index (χ4v) is 3.74. The summed E-state index contributed by atoms with van der Waals surface area (Å²) in [5, 5.41) is 5.04. The van der Waals surface area contributed by atoms with E-state index in [-0.39, 0.29) is 11.7 Å². The first-order chi connectivity index (χ1) is 10.6. The predicted molar refractivity (Wildman–Crippen MR) is 93.8 cm³/mol. The summed E-state index contributed by atoms with van der Waals surface area (Å²) in [4.78, 5) is 24.8. The normalized spacial score (nSPS) is 10.3. The number of carbonyl (C=O) groups is 2. The SMILES string of the molecule is CCOC(=O)c1ccsc1NC(=O)CSc1cccc(Br)c1. The Morgan fingerprint density at radius 3 is 2.91 bits per heavy atom. The van der Waals surface area contributed by atoms with Gasteiger partial charge in [0.05, 0.1) is 17.9 Å². The van der Waals surface area contributed by atoms with Gasteiger partial charge in [0.15, 0.2) is 0 Å². The molecule has 116 valence electrons. The van der Waals surface area contributed by atoms with Crippen molar-refractivity contribution in [3.63, 3.8) is 0 Å². The second-order valence-electron chi connectivity index (χ2n) is 4.18. The number of anilines is 1. The summed E-state index contributed by atoms with van der Waals surface area (Å²) in [7, 11) is 0. The molecule has 22 heavy (non-hydrogen) atoms. The smallest absolute Gasteiger partial charge is 0.341 e. The first-order valence-corrected chi connectivity index (χ1v) is 9.18. The van der Waals surface area contributed by atoms with Gasteiger partial charge in [-0.05, 0) is 36.6 Å². The van der Waals surface area contributed by atoms with Crippen LogP contribution in [-0.2, 0) is 9.53 Å². The number of benzene rings is 1. The molecule has 1 aromatic carbocycles.